The number of hydrogen-bond donors (Lipinski definition) is 1. The van der Waals surface area contributed by atoms with Crippen molar-refractivity contribution in [2.45, 2.75) is 19.9 Å². The summed E-state index contributed by atoms with van der Waals surface area (Å²) in [6.07, 6.45) is 0. The summed E-state index contributed by atoms with van der Waals surface area (Å²) < 4.78 is 10.6. The van der Waals surface area contributed by atoms with E-state index in [9.17, 15) is 14.7 Å². The maximum atomic E-state index is 13.4. The van der Waals surface area contributed by atoms with Gasteiger partial charge in [0.2, 0.25) is 0 Å². The van der Waals surface area contributed by atoms with Gasteiger partial charge in [-0.1, -0.05) is 41.4 Å². The van der Waals surface area contributed by atoms with Crippen molar-refractivity contribution >= 4 is 34.7 Å². The number of ether oxygens (including phenoxy) is 2. The number of anilines is 1. The largest absolute Gasteiger partial charge is 0.507 e. The number of carbonyl (C=O) groups excluding carboxylic acids is 2. The van der Waals surface area contributed by atoms with Gasteiger partial charge in [-0.25, -0.2) is 0 Å². The van der Waals surface area contributed by atoms with E-state index in [2.05, 4.69) is 0 Å². The van der Waals surface area contributed by atoms with Crippen LogP contribution in [0.1, 0.15) is 28.3 Å². The molecule has 0 radical (unpaired) electrons. The minimum absolute atomic E-state index is 0.0254. The van der Waals surface area contributed by atoms with Gasteiger partial charge >= 0.3 is 0 Å². The number of amides is 1. The number of halogens is 1. The van der Waals surface area contributed by atoms with Gasteiger partial charge in [0.05, 0.1) is 30.9 Å². The molecule has 0 aliphatic carbocycles. The Hall–Kier alpha value is -3.77. The van der Waals surface area contributed by atoms with Crippen LogP contribution in [0.25, 0.3) is 5.76 Å². The van der Waals surface area contributed by atoms with Crippen LogP contribution in [0.4, 0.5) is 5.69 Å². The molecule has 1 saturated heterocycles. The van der Waals surface area contributed by atoms with Crippen LogP contribution in [0.2, 0.25) is 5.02 Å². The molecule has 6 nitrogen and oxygen atoms in total. The van der Waals surface area contributed by atoms with E-state index in [0.717, 1.165) is 11.1 Å². The maximum absolute atomic E-state index is 13.4. The van der Waals surface area contributed by atoms with Crippen LogP contribution in [0.15, 0.2) is 66.2 Å². The summed E-state index contributed by atoms with van der Waals surface area (Å²) >= 11 is 6.14. The highest BCUT2D eigenvalue weighted by Gasteiger charge is 2.47. The molecule has 0 saturated carbocycles. The van der Waals surface area contributed by atoms with Crippen LogP contribution in [0.3, 0.4) is 0 Å². The maximum Gasteiger partial charge on any atom is 0.300 e. The van der Waals surface area contributed by atoms with Gasteiger partial charge in [-0.2, -0.15) is 0 Å². The number of rotatable bonds is 5. The third kappa shape index (κ3) is 4.01. The summed E-state index contributed by atoms with van der Waals surface area (Å²) in [6, 6.07) is 16.6. The lowest BCUT2D eigenvalue weighted by Crippen LogP contribution is -2.30. The van der Waals surface area contributed by atoms with Crippen molar-refractivity contribution in [2.24, 2.45) is 0 Å². The third-order valence-electron chi connectivity index (χ3n) is 5.89. The van der Waals surface area contributed by atoms with Gasteiger partial charge < -0.3 is 14.6 Å². The Morgan fingerprint density at radius 2 is 1.74 bits per heavy atom. The zero-order valence-electron chi connectivity index (χ0n) is 19.3. The first kappa shape index (κ1) is 23.4. The molecule has 1 amide bonds. The van der Waals surface area contributed by atoms with E-state index in [1.54, 1.807) is 43.5 Å². The Labute approximate surface area is 203 Å². The molecule has 3 aromatic rings. The topological polar surface area (TPSA) is 76.1 Å². The second kappa shape index (κ2) is 9.23. The second-order valence-corrected chi connectivity index (χ2v) is 8.49. The molecular formula is C27H24ClNO5. The predicted molar refractivity (Wildman–Crippen MR) is 132 cm³/mol. The van der Waals surface area contributed by atoms with Crippen molar-refractivity contribution in [3.05, 3.63) is 93.5 Å². The summed E-state index contributed by atoms with van der Waals surface area (Å²) in [5.41, 5.74) is 3.37. The minimum Gasteiger partial charge on any atom is -0.507 e. The number of ketones is 1. The van der Waals surface area contributed by atoms with Gasteiger partial charge in [-0.15, -0.1) is 0 Å². The quantitative estimate of drug-likeness (QED) is 0.294. The van der Waals surface area contributed by atoms with Crippen LogP contribution in [-0.4, -0.2) is 31.0 Å². The molecule has 1 heterocycles. The van der Waals surface area contributed by atoms with Gasteiger partial charge in [0.1, 0.15) is 17.3 Å². The molecule has 1 atom stereocenters. The number of benzene rings is 3. The minimum atomic E-state index is -0.863. The molecule has 1 aliphatic rings. The van der Waals surface area contributed by atoms with Crippen molar-refractivity contribution in [3.8, 4) is 11.5 Å². The van der Waals surface area contributed by atoms with E-state index in [4.69, 9.17) is 21.1 Å². The number of Topliss-reactive ketones (excluding diaryl/α,β-unsaturated/α-hetero) is 1. The Balaban J connectivity index is 1.98. The van der Waals surface area contributed by atoms with E-state index in [1.807, 2.05) is 32.0 Å². The van der Waals surface area contributed by atoms with E-state index in [-0.39, 0.29) is 11.3 Å². The SMILES string of the molecule is COc1cccc(C2/C(=C(\O)c3ccc(Cl)c(OC)c3)C(=O)C(=O)N2c2ccc(C)cc2C)c1. The highest BCUT2D eigenvalue weighted by molar-refractivity contribution is 6.51. The van der Waals surface area contributed by atoms with Crippen LogP contribution in [-0.2, 0) is 9.59 Å². The normalized spacial score (nSPS) is 17.2. The Morgan fingerprint density at radius 1 is 0.971 bits per heavy atom. The summed E-state index contributed by atoms with van der Waals surface area (Å²) in [5, 5.41) is 11.7. The van der Waals surface area contributed by atoms with Gasteiger partial charge in [-0.3, -0.25) is 14.5 Å². The van der Waals surface area contributed by atoms with Crippen LogP contribution in [0, 0.1) is 13.8 Å². The van der Waals surface area contributed by atoms with Crippen molar-refractivity contribution in [3.63, 3.8) is 0 Å². The van der Waals surface area contributed by atoms with Crippen LogP contribution in [0.5, 0.6) is 11.5 Å². The van der Waals surface area contributed by atoms with Crippen LogP contribution < -0.4 is 14.4 Å². The van der Waals surface area contributed by atoms with Crippen molar-refractivity contribution in [1.82, 2.24) is 0 Å². The lowest BCUT2D eigenvalue weighted by atomic mass is 9.94. The molecule has 7 heteroatoms. The molecular weight excluding hydrogens is 454 g/mol. The fourth-order valence-corrected chi connectivity index (χ4v) is 4.44. The first-order chi connectivity index (χ1) is 16.3. The molecule has 1 fully saturated rings. The zero-order valence-corrected chi connectivity index (χ0v) is 20.0. The third-order valence-corrected chi connectivity index (χ3v) is 6.20. The number of carbonyl (C=O) groups is 2. The summed E-state index contributed by atoms with van der Waals surface area (Å²) in [4.78, 5) is 28.1. The standard InChI is InChI=1S/C27H24ClNO5/c1-15-8-11-21(16(2)12-15)29-24(17-6-5-7-19(13-17)33-3)23(26(31)27(29)32)25(30)18-9-10-20(28)22(14-18)34-4/h5-14,24,30H,1-4H3/b25-23+. The first-order valence-electron chi connectivity index (χ1n) is 10.6. The van der Waals surface area contributed by atoms with E-state index < -0.39 is 17.7 Å². The van der Waals surface area contributed by atoms with Crippen molar-refractivity contribution < 1.29 is 24.2 Å². The average molecular weight is 478 g/mol. The Morgan fingerprint density at radius 3 is 2.41 bits per heavy atom. The lowest BCUT2D eigenvalue weighted by molar-refractivity contribution is -0.132. The smallest absolute Gasteiger partial charge is 0.300 e. The summed E-state index contributed by atoms with van der Waals surface area (Å²) in [6.45, 7) is 3.84. The number of methoxy groups -OCH3 is 2. The molecule has 1 unspecified atom stereocenters. The zero-order chi connectivity index (χ0) is 24.6. The van der Waals surface area contributed by atoms with Crippen molar-refractivity contribution in [1.29, 1.82) is 0 Å². The molecule has 4 rings (SSSR count). The predicted octanol–water partition coefficient (Wildman–Crippen LogP) is 5.60. The van der Waals surface area contributed by atoms with Gasteiger partial charge in [-0.05, 0) is 61.4 Å². The van der Waals surface area contributed by atoms with Crippen LogP contribution >= 0.6 is 11.6 Å². The second-order valence-electron chi connectivity index (χ2n) is 8.08. The lowest BCUT2D eigenvalue weighted by Gasteiger charge is -2.27. The molecule has 174 valence electrons. The number of aryl methyl sites for hydroxylation is 2. The Kier molecular flexibility index (Phi) is 6.35. The molecule has 3 aromatic carbocycles. The monoisotopic (exact) mass is 477 g/mol. The Bertz CT molecular complexity index is 1330. The summed E-state index contributed by atoms with van der Waals surface area (Å²) in [7, 11) is 3.00. The first-order valence-corrected chi connectivity index (χ1v) is 11.0. The van der Waals surface area contributed by atoms with Crippen molar-refractivity contribution in [2.75, 3.05) is 19.1 Å². The highest BCUT2D eigenvalue weighted by Crippen LogP contribution is 2.44. The van der Waals surface area contributed by atoms with E-state index in [0.29, 0.717) is 33.3 Å². The fourth-order valence-electron chi connectivity index (χ4n) is 4.25. The van der Waals surface area contributed by atoms with Gasteiger partial charge in [0.15, 0.2) is 0 Å². The highest BCUT2D eigenvalue weighted by atomic mass is 35.5. The molecule has 0 spiro atoms. The van der Waals surface area contributed by atoms with E-state index >= 15 is 0 Å². The number of nitrogens with zero attached hydrogens (tertiary/aromatic N) is 1. The molecule has 34 heavy (non-hydrogen) atoms. The molecule has 0 bridgehead atoms. The number of aliphatic hydroxyl groups is 1. The molecule has 1 aliphatic heterocycles. The number of aliphatic hydroxyl groups excluding tert-OH is 1. The van der Waals surface area contributed by atoms with Gasteiger partial charge in [0, 0.05) is 11.3 Å². The number of hydrogen-bond acceptors (Lipinski definition) is 5. The molecule has 0 aromatic heterocycles. The average Bonchev–Trinajstić information content (AvgIpc) is 3.09. The van der Waals surface area contributed by atoms with Gasteiger partial charge in [0.25, 0.3) is 11.7 Å². The summed E-state index contributed by atoms with van der Waals surface area (Å²) in [5.74, 6) is -0.904. The molecule has 1 N–H and O–H groups in total. The van der Waals surface area contributed by atoms with E-state index in [1.165, 1.54) is 18.1 Å². The fraction of sp³-hybridized carbons (Fsp3) is 0.185.